The highest BCUT2D eigenvalue weighted by Gasteiger charge is 2.46. The van der Waals surface area contributed by atoms with Crippen LogP contribution in [0.25, 0.3) is 10.8 Å². The van der Waals surface area contributed by atoms with Gasteiger partial charge in [-0.1, -0.05) is 30.5 Å². The van der Waals surface area contributed by atoms with Gasteiger partial charge in [0.2, 0.25) is 15.9 Å². The second-order valence-electron chi connectivity index (χ2n) is 7.97. The number of nitrogens with zero attached hydrogens (tertiary/aromatic N) is 3. The number of fused-ring (bicyclic) bond motifs is 1. The Morgan fingerprint density at radius 3 is 2.48 bits per heavy atom. The van der Waals surface area contributed by atoms with Crippen LogP contribution in [-0.2, 0) is 19.6 Å². The molecule has 5 N–H and O–H groups in total. The third kappa shape index (κ3) is 5.17. The number of aromatic nitrogens is 1. The molecular weight excluding hydrogens is 491 g/mol. The Balaban J connectivity index is 0.00000306. The van der Waals surface area contributed by atoms with Crippen molar-refractivity contribution >= 4 is 62.5 Å². The minimum absolute atomic E-state index is 0. The summed E-state index contributed by atoms with van der Waals surface area (Å²) in [6.45, 7) is 1.79. The number of benzene rings is 1. The number of rotatable bonds is 5. The van der Waals surface area contributed by atoms with Crippen LogP contribution in [0, 0.1) is 0 Å². The Morgan fingerprint density at radius 2 is 1.85 bits per heavy atom. The largest absolute Gasteiger partial charge is 0.378 e. The summed E-state index contributed by atoms with van der Waals surface area (Å²) in [5.41, 5.74) is 9.80. The molecule has 1 saturated heterocycles. The molecular formula is C20H26Cl2N6O4S. The zero-order valence-electron chi connectivity index (χ0n) is 17.8. The fourth-order valence-corrected chi connectivity index (χ4v) is 5.93. The van der Waals surface area contributed by atoms with Crippen LogP contribution in [0.2, 0.25) is 5.02 Å². The molecule has 2 aromatic rings. The second-order valence-corrected chi connectivity index (χ2v) is 10.1. The summed E-state index contributed by atoms with van der Waals surface area (Å²) in [4.78, 5) is 23.1. The van der Waals surface area contributed by atoms with Crippen LogP contribution in [0.1, 0.15) is 25.7 Å². The first kappa shape index (κ1) is 25.4. The van der Waals surface area contributed by atoms with Crippen LogP contribution in [0.5, 0.6) is 0 Å². The third-order valence-corrected chi connectivity index (χ3v) is 7.66. The zero-order chi connectivity index (χ0) is 22.9. The molecule has 0 bridgehead atoms. The number of hydrogen-bond acceptors (Lipinski definition) is 6. The van der Waals surface area contributed by atoms with Gasteiger partial charge >= 0.3 is 0 Å². The van der Waals surface area contributed by atoms with Crippen LogP contribution in [0.4, 0.5) is 5.82 Å². The van der Waals surface area contributed by atoms with E-state index >= 15 is 0 Å². The molecule has 1 aliphatic carbocycles. The lowest BCUT2D eigenvalue weighted by atomic mass is 9.97. The lowest BCUT2D eigenvalue weighted by molar-refractivity contribution is -0.141. The number of aliphatic imine (C=N–C) groups is 1. The van der Waals surface area contributed by atoms with Gasteiger partial charge in [0.05, 0.1) is 23.1 Å². The highest BCUT2D eigenvalue weighted by atomic mass is 35.5. The number of hydrogen-bond donors (Lipinski definition) is 3. The van der Waals surface area contributed by atoms with Crippen LogP contribution in [0.3, 0.4) is 0 Å². The molecule has 0 radical (unpaired) electrons. The van der Waals surface area contributed by atoms with E-state index in [4.69, 9.17) is 27.8 Å². The van der Waals surface area contributed by atoms with Gasteiger partial charge in [-0.2, -0.15) is 9.71 Å². The van der Waals surface area contributed by atoms with E-state index in [2.05, 4.69) is 14.7 Å². The molecule has 1 aliphatic heterocycles. The molecule has 1 amide bonds. The fourth-order valence-electron chi connectivity index (χ4n) is 4.28. The maximum Gasteiger partial charge on any atom is 0.244 e. The summed E-state index contributed by atoms with van der Waals surface area (Å²) < 4.78 is 34.8. The number of guanidine groups is 1. The van der Waals surface area contributed by atoms with Gasteiger partial charge in [-0.05, 0) is 25.0 Å². The Morgan fingerprint density at radius 1 is 1.18 bits per heavy atom. The standard InChI is InChI=1S/C20H25ClN6O4S.ClH/c21-16-12-24-17(25-19(22)23)15-11-13(3-4-14(15)16)32(29,30)26-20(5-1-2-6-20)18(28)27-7-9-31-10-8-27;/h3-4,11-12,26H,1-2,5-10H2,(H4,22,23,24,25);1H. The average molecular weight is 517 g/mol. The zero-order valence-corrected chi connectivity index (χ0v) is 20.2. The molecule has 180 valence electrons. The Hall–Kier alpha value is -2.18. The quantitative estimate of drug-likeness (QED) is 0.403. The van der Waals surface area contributed by atoms with Gasteiger partial charge in [0, 0.05) is 30.1 Å². The van der Waals surface area contributed by atoms with Crippen molar-refractivity contribution in [2.75, 3.05) is 26.3 Å². The van der Waals surface area contributed by atoms with E-state index in [-0.39, 0.29) is 35.0 Å². The summed E-state index contributed by atoms with van der Waals surface area (Å²) in [5.74, 6) is -0.261. The number of morpholine rings is 1. The van der Waals surface area contributed by atoms with Crippen molar-refractivity contribution < 1.29 is 17.9 Å². The molecule has 2 heterocycles. The smallest absolute Gasteiger partial charge is 0.244 e. The van der Waals surface area contributed by atoms with E-state index in [1.54, 1.807) is 11.0 Å². The van der Waals surface area contributed by atoms with Gasteiger partial charge in [0.15, 0.2) is 11.8 Å². The fraction of sp³-hybridized carbons (Fsp3) is 0.450. The second kappa shape index (κ2) is 9.98. The third-order valence-electron chi connectivity index (χ3n) is 5.83. The van der Waals surface area contributed by atoms with E-state index in [1.165, 1.54) is 18.3 Å². The summed E-state index contributed by atoms with van der Waals surface area (Å²) >= 11 is 6.22. The first-order valence-electron chi connectivity index (χ1n) is 10.3. The number of nitrogens with one attached hydrogen (secondary N) is 1. The van der Waals surface area contributed by atoms with E-state index in [9.17, 15) is 13.2 Å². The molecule has 33 heavy (non-hydrogen) atoms. The Kier molecular flexibility index (Phi) is 7.69. The highest BCUT2D eigenvalue weighted by Crippen LogP contribution is 2.35. The first-order valence-corrected chi connectivity index (χ1v) is 12.2. The van der Waals surface area contributed by atoms with Gasteiger partial charge < -0.3 is 21.1 Å². The molecule has 1 saturated carbocycles. The van der Waals surface area contributed by atoms with Crippen molar-refractivity contribution in [3.05, 3.63) is 29.4 Å². The minimum Gasteiger partial charge on any atom is -0.378 e. The number of sulfonamides is 1. The molecule has 1 aromatic carbocycles. The normalized spacial score (nSPS) is 18.0. The SMILES string of the molecule is Cl.NC(N)=Nc1ncc(Cl)c2ccc(S(=O)(=O)NC3(C(=O)N4CCOCC4)CCCC3)cc12. The van der Waals surface area contributed by atoms with Crippen molar-refractivity contribution in [3.63, 3.8) is 0 Å². The molecule has 0 atom stereocenters. The van der Waals surface area contributed by atoms with Gasteiger partial charge in [-0.15, -0.1) is 12.4 Å². The van der Waals surface area contributed by atoms with Gasteiger partial charge in [0.25, 0.3) is 0 Å². The lowest BCUT2D eigenvalue weighted by Gasteiger charge is -2.36. The maximum absolute atomic E-state index is 13.4. The summed E-state index contributed by atoms with van der Waals surface area (Å²) in [5, 5.41) is 1.27. The first-order chi connectivity index (χ1) is 15.2. The van der Waals surface area contributed by atoms with Crippen molar-refractivity contribution in [1.29, 1.82) is 0 Å². The van der Waals surface area contributed by atoms with Crippen molar-refractivity contribution in [2.45, 2.75) is 36.1 Å². The van der Waals surface area contributed by atoms with E-state index in [0.717, 1.165) is 12.8 Å². The van der Waals surface area contributed by atoms with E-state index in [1.807, 2.05) is 0 Å². The summed E-state index contributed by atoms with van der Waals surface area (Å²) in [6.07, 6.45) is 3.83. The van der Waals surface area contributed by atoms with E-state index < -0.39 is 15.6 Å². The van der Waals surface area contributed by atoms with Crippen LogP contribution >= 0.6 is 24.0 Å². The average Bonchev–Trinajstić information content (AvgIpc) is 3.24. The monoisotopic (exact) mass is 516 g/mol. The molecule has 0 unspecified atom stereocenters. The van der Waals surface area contributed by atoms with Gasteiger partial charge in [0.1, 0.15) is 5.54 Å². The molecule has 10 nitrogen and oxygen atoms in total. The van der Waals surface area contributed by atoms with E-state index in [0.29, 0.717) is 54.9 Å². The number of amides is 1. The molecule has 4 rings (SSSR count). The Bertz CT molecular complexity index is 1170. The van der Waals surface area contributed by atoms with Crippen LogP contribution < -0.4 is 16.2 Å². The van der Waals surface area contributed by atoms with Gasteiger partial charge in [-0.3, -0.25) is 4.79 Å². The van der Waals surface area contributed by atoms with Gasteiger partial charge in [-0.25, -0.2) is 13.4 Å². The predicted molar refractivity (Wildman–Crippen MR) is 128 cm³/mol. The van der Waals surface area contributed by atoms with Crippen molar-refractivity contribution in [1.82, 2.24) is 14.6 Å². The number of carbonyl (C=O) groups is 1. The molecule has 2 fully saturated rings. The summed E-state index contributed by atoms with van der Waals surface area (Å²) in [7, 11) is -4.05. The number of pyridine rings is 1. The van der Waals surface area contributed by atoms with Crippen molar-refractivity contribution in [2.24, 2.45) is 16.5 Å². The topological polar surface area (TPSA) is 153 Å². The predicted octanol–water partition coefficient (Wildman–Crippen LogP) is 1.66. The lowest BCUT2D eigenvalue weighted by Crippen LogP contribution is -2.59. The number of nitrogens with two attached hydrogens (primary N) is 2. The van der Waals surface area contributed by atoms with Crippen LogP contribution in [-0.4, -0.2) is 62.0 Å². The number of halogens is 2. The molecule has 1 aromatic heterocycles. The maximum atomic E-state index is 13.4. The van der Waals surface area contributed by atoms with Crippen LogP contribution in [0.15, 0.2) is 34.3 Å². The molecule has 2 aliphatic rings. The number of ether oxygens (including phenoxy) is 1. The molecule has 0 spiro atoms. The number of carbonyl (C=O) groups excluding carboxylic acids is 1. The highest BCUT2D eigenvalue weighted by molar-refractivity contribution is 7.89. The molecule has 13 heteroatoms. The van der Waals surface area contributed by atoms with Crippen molar-refractivity contribution in [3.8, 4) is 0 Å². The summed E-state index contributed by atoms with van der Waals surface area (Å²) in [6, 6.07) is 4.43. The minimum atomic E-state index is -4.05. The Labute approximate surface area is 203 Å².